The van der Waals surface area contributed by atoms with Crippen LogP contribution in [0.2, 0.25) is 0 Å². The van der Waals surface area contributed by atoms with Crippen LogP contribution in [0, 0.1) is 0 Å². The predicted octanol–water partition coefficient (Wildman–Crippen LogP) is 3.53. The largest absolute Gasteiger partial charge is 0.325 e. The zero-order valence-electron chi connectivity index (χ0n) is 9.63. The fourth-order valence-corrected chi connectivity index (χ4v) is 1.92. The molecule has 0 spiro atoms. The second-order valence-electron chi connectivity index (χ2n) is 4.05. The Morgan fingerprint density at radius 3 is 1.38 bits per heavy atom. The van der Waals surface area contributed by atoms with Gasteiger partial charge < -0.3 is 5.32 Å². The summed E-state index contributed by atoms with van der Waals surface area (Å²) in [6.45, 7) is 4.41. The minimum atomic E-state index is 0. The molecule has 2 unspecified atom stereocenters. The summed E-state index contributed by atoms with van der Waals surface area (Å²) < 4.78 is 0. The third-order valence-electron chi connectivity index (χ3n) is 2.88. The zero-order valence-corrected chi connectivity index (χ0v) is 10.7. The molecule has 16 heavy (non-hydrogen) atoms. The van der Waals surface area contributed by atoms with E-state index in [1.54, 1.807) is 0 Å². The summed E-state index contributed by atoms with van der Waals surface area (Å²) >= 11 is 0. The Bertz CT molecular complexity index is 337. The van der Waals surface area contributed by atoms with E-state index >= 15 is 0 Å². The van der Waals surface area contributed by atoms with Gasteiger partial charge in [-0.2, -0.15) is 24.3 Å². The van der Waals surface area contributed by atoms with E-state index in [-0.39, 0.29) is 17.1 Å². The van der Waals surface area contributed by atoms with Crippen molar-refractivity contribution in [1.29, 1.82) is 0 Å². The van der Waals surface area contributed by atoms with Crippen LogP contribution in [-0.4, -0.2) is 0 Å². The van der Waals surface area contributed by atoms with Gasteiger partial charge in [0.25, 0.3) is 0 Å². The predicted molar refractivity (Wildman–Crippen MR) is 64.0 cm³/mol. The fourth-order valence-electron chi connectivity index (χ4n) is 1.92. The van der Waals surface area contributed by atoms with Gasteiger partial charge in [0, 0.05) is 17.1 Å². The average molecular weight is 255 g/mol. The maximum Gasteiger partial charge on any atom is 0 e. The van der Waals surface area contributed by atoms with Gasteiger partial charge >= 0.3 is 0 Å². The maximum atomic E-state index is 3.58. The number of hydrogen-bond acceptors (Lipinski definition) is 1. The number of hydrogen-bond donors (Lipinski definition) is 1. The first-order valence-corrected chi connectivity index (χ1v) is 5.46. The third kappa shape index (κ3) is 3.08. The van der Waals surface area contributed by atoms with Crippen molar-refractivity contribution in [2.75, 3.05) is 0 Å². The van der Waals surface area contributed by atoms with Gasteiger partial charge in [-0.05, 0) is 12.1 Å². The van der Waals surface area contributed by atoms with Crippen molar-refractivity contribution in [1.82, 2.24) is 5.32 Å². The molecule has 1 N–H and O–H groups in total. The summed E-state index contributed by atoms with van der Waals surface area (Å²) in [6.07, 6.45) is 0. The molecule has 0 fully saturated rings. The molecule has 0 aliphatic heterocycles. The van der Waals surface area contributed by atoms with Crippen molar-refractivity contribution in [2.24, 2.45) is 0 Å². The molecule has 0 aromatic heterocycles. The van der Waals surface area contributed by atoms with Crippen LogP contribution in [-0.2, 0) is 17.1 Å². The van der Waals surface area contributed by atoms with E-state index in [1.807, 2.05) is 0 Å². The van der Waals surface area contributed by atoms with E-state index in [9.17, 15) is 0 Å². The van der Waals surface area contributed by atoms with Crippen molar-refractivity contribution in [3.63, 3.8) is 0 Å². The SMILES string of the molecule is CC(NC(C)[c-]1cccc1)[c-]1cccc1.[Fe]. The van der Waals surface area contributed by atoms with Crippen molar-refractivity contribution in [3.05, 3.63) is 59.7 Å². The van der Waals surface area contributed by atoms with Gasteiger partial charge in [0.1, 0.15) is 0 Å². The Labute approximate surface area is 108 Å². The Morgan fingerprint density at radius 2 is 1.06 bits per heavy atom. The van der Waals surface area contributed by atoms with Crippen LogP contribution in [0.5, 0.6) is 0 Å². The molecule has 0 amide bonds. The smallest absolute Gasteiger partial charge is 0 e. The molecular formula is C14H17FeN-2. The molecule has 0 saturated carbocycles. The molecule has 0 saturated heterocycles. The standard InChI is InChI=1S/C14H17N.Fe/c1-11(13-7-3-4-8-13)15-12(2)14-9-5-6-10-14;/h3-12,15H,1-2H3;/q-2;. The molecule has 2 atom stereocenters. The molecule has 1 nitrogen and oxygen atoms in total. The quantitative estimate of drug-likeness (QED) is 0.651. The Morgan fingerprint density at radius 1 is 0.750 bits per heavy atom. The van der Waals surface area contributed by atoms with E-state index < -0.39 is 0 Å². The van der Waals surface area contributed by atoms with Crippen LogP contribution in [0.3, 0.4) is 0 Å². The van der Waals surface area contributed by atoms with Crippen LogP contribution in [0.25, 0.3) is 0 Å². The van der Waals surface area contributed by atoms with E-state index in [4.69, 9.17) is 0 Å². The number of nitrogens with one attached hydrogen (secondary N) is 1. The first kappa shape index (κ1) is 13.2. The van der Waals surface area contributed by atoms with E-state index in [0.29, 0.717) is 12.1 Å². The molecule has 2 rings (SSSR count). The minimum absolute atomic E-state index is 0. The molecule has 88 valence electrons. The van der Waals surface area contributed by atoms with E-state index in [1.165, 1.54) is 11.1 Å². The summed E-state index contributed by atoms with van der Waals surface area (Å²) in [4.78, 5) is 0. The zero-order chi connectivity index (χ0) is 10.7. The third-order valence-corrected chi connectivity index (χ3v) is 2.88. The topological polar surface area (TPSA) is 12.0 Å². The summed E-state index contributed by atoms with van der Waals surface area (Å²) in [5, 5.41) is 3.58. The van der Waals surface area contributed by atoms with Crippen molar-refractivity contribution in [3.8, 4) is 0 Å². The monoisotopic (exact) mass is 255 g/mol. The Hall–Kier alpha value is -0.821. The molecule has 2 heteroatoms. The second-order valence-corrected chi connectivity index (χ2v) is 4.05. The van der Waals surface area contributed by atoms with Crippen molar-refractivity contribution >= 4 is 0 Å². The summed E-state index contributed by atoms with van der Waals surface area (Å²) in [5.74, 6) is 0. The van der Waals surface area contributed by atoms with Gasteiger partial charge in [0.2, 0.25) is 0 Å². The normalized spacial score (nSPS) is 14.1. The van der Waals surface area contributed by atoms with Crippen molar-refractivity contribution in [2.45, 2.75) is 25.9 Å². The van der Waals surface area contributed by atoms with Gasteiger partial charge in [0.15, 0.2) is 0 Å². The number of rotatable bonds is 4. The van der Waals surface area contributed by atoms with Crippen LogP contribution in [0.15, 0.2) is 48.5 Å². The first-order valence-electron chi connectivity index (χ1n) is 5.46. The van der Waals surface area contributed by atoms with Crippen molar-refractivity contribution < 1.29 is 17.1 Å². The van der Waals surface area contributed by atoms with Gasteiger partial charge in [-0.3, -0.25) is 0 Å². The summed E-state index contributed by atoms with van der Waals surface area (Å²) in [6, 6.07) is 17.8. The Kier molecular flexibility index (Phi) is 5.01. The van der Waals surface area contributed by atoms with Crippen LogP contribution < -0.4 is 5.32 Å². The molecule has 2 aromatic rings. The van der Waals surface area contributed by atoms with Crippen LogP contribution in [0.4, 0.5) is 0 Å². The molecule has 0 aliphatic carbocycles. The second kappa shape index (κ2) is 6.05. The Balaban J connectivity index is 0.00000128. The minimum Gasteiger partial charge on any atom is -0.325 e. The maximum absolute atomic E-state index is 3.58. The average Bonchev–Trinajstić information content (AvgIpc) is 2.91. The van der Waals surface area contributed by atoms with Crippen LogP contribution in [0.1, 0.15) is 37.1 Å². The van der Waals surface area contributed by atoms with E-state index in [2.05, 4.69) is 67.7 Å². The molecule has 0 bridgehead atoms. The molecule has 2 aromatic carbocycles. The van der Waals surface area contributed by atoms with Gasteiger partial charge in [-0.15, -0.1) is 11.1 Å². The molecule has 0 heterocycles. The van der Waals surface area contributed by atoms with Gasteiger partial charge in [-0.1, -0.05) is 13.8 Å². The summed E-state index contributed by atoms with van der Waals surface area (Å²) in [5.41, 5.74) is 2.71. The van der Waals surface area contributed by atoms with Gasteiger partial charge in [0.05, 0.1) is 0 Å². The first-order chi connectivity index (χ1) is 7.27. The molecular weight excluding hydrogens is 238 g/mol. The summed E-state index contributed by atoms with van der Waals surface area (Å²) in [7, 11) is 0. The van der Waals surface area contributed by atoms with Gasteiger partial charge in [-0.25, -0.2) is 24.3 Å². The van der Waals surface area contributed by atoms with E-state index in [0.717, 1.165) is 0 Å². The fraction of sp³-hybridized carbons (Fsp3) is 0.286. The molecule has 0 aliphatic rings. The molecule has 0 radical (unpaired) electrons. The van der Waals surface area contributed by atoms with Crippen LogP contribution >= 0.6 is 0 Å².